The van der Waals surface area contributed by atoms with Gasteiger partial charge in [-0.1, -0.05) is 6.58 Å². The van der Waals surface area contributed by atoms with Gasteiger partial charge in [0.2, 0.25) is 0 Å². The maximum atomic E-state index is 5.84. The van der Waals surface area contributed by atoms with Crippen LogP contribution in [-0.4, -0.2) is 17.3 Å². The number of nitrogens with two attached hydrogens (primary N) is 1. The van der Waals surface area contributed by atoms with Crippen LogP contribution in [0.15, 0.2) is 17.4 Å². The molecule has 3 nitrogen and oxygen atoms in total. The molecular formula is C16H25N3. The van der Waals surface area contributed by atoms with Gasteiger partial charge in [-0.2, -0.15) is 5.10 Å². The van der Waals surface area contributed by atoms with Crippen molar-refractivity contribution in [3.63, 3.8) is 0 Å². The molecule has 19 heavy (non-hydrogen) atoms. The lowest BCUT2D eigenvalue weighted by molar-refractivity contribution is -0.0172. The Morgan fingerprint density at radius 3 is 2.16 bits per heavy atom. The quantitative estimate of drug-likeness (QED) is 0.340. The molecule has 5 rings (SSSR count). The molecule has 0 amide bonds. The van der Waals surface area contributed by atoms with E-state index in [9.17, 15) is 0 Å². The van der Waals surface area contributed by atoms with E-state index in [4.69, 9.17) is 5.84 Å². The number of amidine groups is 1. The fourth-order valence-corrected chi connectivity index (χ4v) is 5.87. The van der Waals surface area contributed by atoms with Crippen LogP contribution in [0.5, 0.6) is 0 Å². The van der Waals surface area contributed by atoms with Crippen LogP contribution in [0.1, 0.15) is 51.4 Å². The third-order valence-electron chi connectivity index (χ3n) is 6.12. The maximum absolute atomic E-state index is 5.84. The van der Waals surface area contributed by atoms with E-state index >= 15 is 0 Å². The molecule has 1 saturated heterocycles. The molecule has 104 valence electrons. The number of likely N-dealkylation sites (tertiary alicyclic amines) is 1. The minimum Gasteiger partial charge on any atom is -0.332 e. The molecule has 4 saturated carbocycles. The summed E-state index contributed by atoms with van der Waals surface area (Å²) < 4.78 is 0. The van der Waals surface area contributed by atoms with Gasteiger partial charge in [0.25, 0.3) is 0 Å². The van der Waals surface area contributed by atoms with Gasteiger partial charge in [-0.15, -0.1) is 0 Å². The topological polar surface area (TPSA) is 41.6 Å². The number of allylic oxidation sites excluding steroid dienone is 1. The molecule has 4 aliphatic carbocycles. The number of hydrazone groups is 1. The molecule has 5 aliphatic rings. The van der Waals surface area contributed by atoms with Crippen molar-refractivity contribution in [2.75, 3.05) is 6.54 Å². The van der Waals surface area contributed by atoms with Crippen molar-refractivity contribution in [1.29, 1.82) is 0 Å². The lowest BCUT2D eigenvalue weighted by Gasteiger charge is -2.57. The van der Waals surface area contributed by atoms with E-state index in [2.05, 4.69) is 16.6 Å². The maximum Gasteiger partial charge on any atom is 0.134 e. The monoisotopic (exact) mass is 259 g/mol. The Kier molecular flexibility index (Phi) is 2.49. The van der Waals surface area contributed by atoms with Gasteiger partial charge in [0.15, 0.2) is 0 Å². The summed E-state index contributed by atoms with van der Waals surface area (Å²) in [4.78, 5) is 2.35. The molecule has 1 heterocycles. The lowest BCUT2D eigenvalue weighted by atomic mass is 9.49. The van der Waals surface area contributed by atoms with Crippen LogP contribution < -0.4 is 5.84 Å². The number of rotatable bonds is 1. The highest BCUT2D eigenvalue weighted by Crippen LogP contribution is 2.61. The van der Waals surface area contributed by atoms with Gasteiger partial charge in [-0.05, 0) is 69.1 Å². The van der Waals surface area contributed by atoms with Crippen LogP contribution in [0.4, 0.5) is 0 Å². The second kappa shape index (κ2) is 4.00. The third-order valence-corrected chi connectivity index (χ3v) is 6.12. The summed E-state index contributed by atoms with van der Waals surface area (Å²) >= 11 is 0. The molecule has 0 aromatic carbocycles. The molecule has 0 spiro atoms. The predicted molar refractivity (Wildman–Crippen MR) is 77.3 cm³/mol. The first-order valence-corrected chi connectivity index (χ1v) is 7.94. The van der Waals surface area contributed by atoms with Gasteiger partial charge in [0.05, 0.1) is 0 Å². The van der Waals surface area contributed by atoms with Gasteiger partial charge in [-0.25, -0.2) is 0 Å². The van der Waals surface area contributed by atoms with Crippen molar-refractivity contribution >= 4 is 5.84 Å². The Balaban J connectivity index is 1.68. The Hall–Kier alpha value is -0.990. The molecule has 0 unspecified atom stereocenters. The summed E-state index contributed by atoms with van der Waals surface area (Å²) in [5, 5.41) is 4.29. The second-order valence-electron chi connectivity index (χ2n) is 7.47. The highest BCUT2D eigenvalue weighted by molar-refractivity contribution is 5.90. The number of hydrogen-bond acceptors (Lipinski definition) is 2. The van der Waals surface area contributed by atoms with Crippen molar-refractivity contribution in [3.8, 4) is 0 Å². The summed E-state index contributed by atoms with van der Waals surface area (Å²) in [6.45, 7) is 5.30. The van der Waals surface area contributed by atoms with Crippen molar-refractivity contribution in [3.05, 3.63) is 12.3 Å². The largest absolute Gasteiger partial charge is 0.332 e. The standard InChI is InChI=1S/C16H25N3/c1-11-3-2-4-19(11)15(18-17)16-8-12-5-13(9-16)7-14(6-12)10-16/h12-14H,1-10,17H2/b18-15-. The van der Waals surface area contributed by atoms with Crippen LogP contribution in [0.3, 0.4) is 0 Å². The molecule has 1 aliphatic heterocycles. The van der Waals surface area contributed by atoms with Gasteiger partial charge >= 0.3 is 0 Å². The molecule has 0 atom stereocenters. The first kappa shape index (κ1) is 11.8. The zero-order chi connectivity index (χ0) is 13.0. The highest BCUT2D eigenvalue weighted by Gasteiger charge is 2.54. The van der Waals surface area contributed by atoms with Crippen molar-refractivity contribution in [2.45, 2.75) is 51.4 Å². The van der Waals surface area contributed by atoms with Crippen LogP contribution in [0, 0.1) is 23.2 Å². The van der Waals surface area contributed by atoms with Gasteiger partial charge < -0.3 is 10.7 Å². The van der Waals surface area contributed by atoms with E-state index < -0.39 is 0 Å². The smallest absolute Gasteiger partial charge is 0.134 e. The van der Waals surface area contributed by atoms with E-state index in [1.54, 1.807) is 0 Å². The Morgan fingerprint density at radius 2 is 1.74 bits per heavy atom. The number of hydrogen-bond donors (Lipinski definition) is 1. The summed E-state index contributed by atoms with van der Waals surface area (Å²) in [5.74, 6) is 9.86. The van der Waals surface area contributed by atoms with Crippen molar-refractivity contribution in [1.82, 2.24) is 4.90 Å². The Bertz CT molecular complexity index is 402. The average Bonchev–Trinajstić information content (AvgIpc) is 2.74. The van der Waals surface area contributed by atoms with Crippen LogP contribution in [0.25, 0.3) is 0 Å². The fraction of sp³-hybridized carbons (Fsp3) is 0.812. The Labute approximate surface area is 115 Å². The van der Waals surface area contributed by atoms with E-state index in [1.807, 2.05) is 0 Å². The molecule has 2 N–H and O–H groups in total. The predicted octanol–water partition coefficient (Wildman–Crippen LogP) is 3.08. The lowest BCUT2D eigenvalue weighted by Crippen LogP contribution is -2.54. The van der Waals surface area contributed by atoms with E-state index in [1.165, 1.54) is 56.5 Å². The van der Waals surface area contributed by atoms with Crippen LogP contribution >= 0.6 is 0 Å². The first-order chi connectivity index (χ1) is 9.20. The minimum atomic E-state index is 0.302. The summed E-state index contributed by atoms with van der Waals surface area (Å²) in [6.07, 6.45) is 10.7. The van der Waals surface area contributed by atoms with Gasteiger partial charge in [0.1, 0.15) is 5.84 Å². The molecule has 0 radical (unpaired) electrons. The molecule has 5 fully saturated rings. The average molecular weight is 259 g/mol. The SMILES string of the molecule is C=C1CCCN1/C(=N\N)C12CC3CC(CC(C3)C1)C2. The molecule has 0 aromatic heterocycles. The van der Waals surface area contributed by atoms with E-state index in [0.29, 0.717) is 5.41 Å². The minimum absolute atomic E-state index is 0.302. The van der Waals surface area contributed by atoms with Gasteiger partial charge in [0, 0.05) is 17.7 Å². The summed E-state index contributed by atoms with van der Waals surface area (Å²) in [5.41, 5.74) is 1.54. The number of nitrogens with zero attached hydrogens (tertiary/aromatic N) is 2. The van der Waals surface area contributed by atoms with E-state index in [-0.39, 0.29) is 0 Å². The van der Waals surface area contributed by atoms with Crippen LogP contribution in [0.2, 0.25) is 0 Å². The zero-order valence-electron chi connectivity index (χ0n) is 11.8. The normalized spacial score (nSPS) is 45.3. The Morgan fingerprint density at radius 1 is 1.16 bits per heavy atom. The summed E-state index contributed by atoms with van der Waals surface area (Å²) in [7, 11) is 0. The van der Waals surface area contributed by atoms with Crippen LogP contribution in [-0.2, 0) is 0 Å². The highest BCUT2D eigenvalue weighted by atomic mass is 15.3. The summed E-state index contributed by atoms with van der Waals surface area (Å²) in [6, 6.07) is 0. The first-order valence-electron chi connectivity index (χ1n) is 7.94. The molecular weight excluding hydrogens is 234 g/mol. The fourth-order valence-electron chi connectivity index (χ4n) is 5.87. The third kappa shape index (κ3) is 1.66. The van der Waals surface area contributed by atoms with Crippen molar-refractivity contribution < 1.29 is 0 Å². The van der Waals surface area contributed by atoms with E-state index in [0.717, 1.165) is 30.7 Å². The second-order valence-corrected chi connectivity index (χ2v) is 7.47. The van der Waals surface area contributed by atoms with Gasteiger partial charge in [-0.3, -0.25) is 0 Å². The van der Waals surface area contributed by atoms with Crippen molar-refractivity contribution in [2.24, 2.45) is 34.1 Å². The zero-order valence-corrected chi connectivity index (χ0v) is 11.8. The molecule has 3 heteroatoms. The molecule has 4 bridgehead atoms. The molecule has 0 aromatic rings.